The zero-order chi connectivity index (χ0) is 23.6. The second kappa shape index (κ2) is 9.44. The van der Waals surface area contributed by atoms with Crippen molar-refractivity contribution in [1.29, 1.82) is 0 Å². The molecule has 0 radical (unpaired) electrons. The third-order valence-electron chi connectivity index (χ3n) is 4.62. The van der Waals surface area contributed by atoms with E-state index in [2.05, 4.69) is 4.74 Å². The average Bonchev–Trinajstić information content (AvgIpc) is 3.03. The Kier molecular flexibility index (Phi) is 6.88. The van der Waals surface area contributed by atoms with E-state index in [9.17, 15) is 27.2 Å². The fourth-order valence-electron chi connectivity index (χ4n) is 3.18. The minimum atomic E-state index is -2.94. The SMILES string of the molecule is Cc1cc(C(=O)COC(=O)c2cc(F)c(F)cc2Cl)c(C)n1-c1ccc(OC(F)F)cc1. The number of esters is 1. The van der Waals surface area contributed by atoms with Gasteiger partial charge in [-0.1, -0.05) is 11.6 Å². The van der Waals surface area contributed by atoms with E-state index in [0.29, 0.717) is 29.2 Å². The second-order valence-electron chi connectivity index (χ2n) is 6.74. The Morgan fingerprint density at radius 1 is 1.00 bits per heavy atom. The third-order valence-corrected chi connectivity index (χ3v) is 4.93. The normalized spacial score (nSPS) is 11.0. The first-order chi connectivity index (χ1) is 15.1. The highest BCUT2D eigenvalue weighted by atomic mass is 35.5. The van der Waals surface area contributed by atoms with Crippen LogP contribution < -0.4 is 4.74 Å². The Morgan fingerprint density at radius 2 is 1.62 bits per heavy atom. The molecule has 0 fully saturated rings. The Morgan fingerprint density at radius 3 is 2.25 bits per heavy atom. The third kappa shape index (κ3) is 4.94. The number of ether oxygens (including phenoxy) is 2. The van der Waals surface area contributed by atoms with Crippen molar-refractivity contribution in [2.45, 2.75) is 20.5 Å². The molecule has 0 amide bonds. The molecule has 0 atom stereocenters. The first-order valence-corrected chi connectivity index (χ1v) is 9.55. The number of carbonyl (C=O) groups is 2. The zero-order valence-corrected chi connectivity index (χ0v) is 17.6. The van der Waals surface area contributed by atoms with Crippen LogP contribution in [0.4, 0.5) is 17.6 Å². The molecule has 2 aromatic carbocycles. The molecule has 32 heavy (non-hydrogen) atoms. The van der Waals surface area contributed by atoms with Crippen LogP contribution in [0.25, 0.3) is 5.69 Å². The van der Waals surface area contributed by atoms with Gasteiger partial charge in [0, 0.05) is 22.6 Å². The predicted molar refractivity (Wildman–Crippen MR) is 108 cm³/mol. The Labute approximate surface area is 185 Å². The van der Waals surface area contributed by atoms with Crippen molar-refractivity contribution in [3.63, 3.8) is 0 Å². The van der Waals surface area contributed by atoms with Crippen LogP contribution in [0.2, 0.25) is 5.02 Å². The average molecular weight is 470 g/mol. The van der Waals surface area contributed by atoms with Crippen molar-refractivity contribution in [2.24, 2.45) is 0 Å². The summed E-state index contributed by atoms with van der Waals surface area (Å²) < 4.78 is 62.1. The summed E-state index contributed by atoms with van der Waals surface area (Å²) in [7, 11) is 0. The molecule has 0 aliphatic carbocycles. The van der Waals surface area contributed by atoms with Gasteiger partial charge in [-0.3, -0.25) is 4.79 Å². The summed E-state index contributed by atoms with van der Waals surface area (Å²) in [6.07, 6.45) is 0. The smallest absolute Gasteiger partial charge is 0.387 e. The highest BCUT2D eigenvalue weighted by Gasteiger charge is 2.21. The number of benzene rings is 2. The number of halogens is 5. The second-order valence-corrected chi connectivity index (χ2v) is 7.15. The van der Waals surface area contributed by atoms with Gasteiger partial charge in [-0.2, -0.15) is 8.78 Å². The number of Topliss-reactive ketones (excluding diaryl/α,β-unsaturated/α-hetero) is 1. The summed E-state index contributed by atoms with van der Waals surface area (Å²) in [5.41, 5.74) is 1.65. The molecule has 10 heteroatoms. The van der Waals surface area contributed by atoms with Gasteiger partial charge in [0.2, 0.25) is 5.78 Å². The molecule has 5 nitrogen and oxygen atoms in total. The molecule has 0 saturated carbocycles. The monoisotopic (exact) mass is 469 g/mol. The maximum absolute atomic E-state index is 13.4. The number of aryl methyl sites for hydroxylation is 1. The summed E-state index contributed by atoms with van der Waals surface area (Å²) in [4.78, 5) is 24.8. The van der Waals surface area contributed by atoms with E-state index >= 15 is 0 Å². The van der Waals surface area contributed by atoms with Crippen molar-refractivity contribution in [2.75, 3.05) is 6.61 Å². The van der Waals surface area contributed by atoms with E-state index in [-0.39, 0.29) is 16.3 Å². The van der Waals surface area contributed by atoms with Crippen LogP contribution >= 0.6 is 11.6 Å². The lowest BCUT2D eigenvalue weighted by atomic mass is 10.1. The lowest BCUT2D eigenvalue weighted by Crippen LogP contribution is -2.15. The number of aromatic nitrogens is 1. The van der Waals surface area contributed by atoms with Gasteiger partial charge in [0.25, 0.3) is 0 Å². The van der Waals surface area contributed by atoms with Crippen LogP contribution in [0.5, 0.6) is 5.75 Å². The number of nitrogens with zero attached hydrogens (tertiary/aromatic N) is 1. The molecule has 0 aliphatic heterocycles. The van der Waals surface area contributed by atoms with E-state index in [4.69, 9.17) is 16.3 Å². The van der Waals surface area contributed by atoms with Gasteiger partial charge in [0.05, 0.1) is 10.6 Å². The van der Waals surface area contributed by atoms with Crippen LogP contribution in [-0.2, 0) is 4.74 Å². The minimum Gasteiger partial charge on any atom is -0.454 e. The van der Waals surface area contributed by atoms with Gasteiger partial charge in [-0.15, -0.1) is 0 Å². The first kappa shape index (κ1) is 23.3. The summed E-state index contributed by atoms with van der Waals surface area (Å²) in [5.74, 6) is -4.12. The van der Waals surface area contributed by atoms with Crippen LogP contribution in [0.1, 0.15) is 32.1 Å². The van der Waals surface area contributed by atoms with Gasteiger partial charge in [-0.25, -0.2) is 13.6 Å². The van der Waals surface area contributed by atoms with Gasteiger partial charge in [0.15, 0.2) is 18.2 Å². The summed E-state index contributed by atoms with van der Waals surface area (Å²) >= 11 is 5.74. The molecule has 3 aromatic rings. The van der Waals surface area contributed by atoms with Gasteiger partial charge in [0.1, 0.15) is 5.75 Å². The molecule has 0 bridgehead atoms. The molecule has 1 aromatic heterocycles. The molecule has 0 aliphatic rings. The summed E-state index contributed by atoms with van der Waals surface area (Å²) in [6.45, 7) is -0.193. The number of alkyl halides is 2. The van der Waals surface area contributed by atoms with E-state index in [0.717, 1.165) is 0 Å². The number of ketones is 1. The first-order valence-electron chi connectivity index (χ1n) is 9.17. The number of hydrogen-bond acceptors (Lipinski definition) is 4. The van der Waals surface area contributed by atoms with E-state index in [1.54, 1.807) is 36.6 Å². The molecule has 1 heterocycles. The van der Waals surface area contributed by atoms with E-state index in [1.165, 1.54) is 12.1 Å². The van der Waals surface area contributed by atoms with Crippen molar-refractivity contribution in [3.05, 3.63) is 81.6 Å². The standard InChI is InChI=1S/C22H16ClF4NO4/c1-11-7-15(12(2)28(11)13-3-5-14(6-4-13)32-22(26)27)20(29)10-31-21(30)16-8-18(24)19(25)9-17(16)23/h3-9,22H,10H2,1-2H3. The van der Waals surface area contributed by atoms with Crippen molar-refractivity contribution < 1.29 is 36.6 Å². The number of hydrogen-bond donors (Lipinski definition) is 0. The van der Waals surface area contributed by atoms with E-state index in [1.807, 2.05) is 0 Å². The molecular weight excluding hydrogens is 454 g/mol. The Balaban J connectivity index is 1.76. The maximum atomic E-state index is 13.4. The lowest BCUT2D eigenvalue weighted by molar-refractivity contribution is -0.0498. The van der Waals surface area contributed by atoms with E-state index < -0.39 is 42.2 Å². The van der Waals surface area contributed by atoms with Crippen molar-refractivity contribution >= 4 is 23.4 Å². The lowest BCUT2D eigenvalue weighted by Gasteiger charge is -2.11. The highest BCUT2D eigenvalue weighted by molar-refractivity contribution is 6.33. The minimum absolute atomic E-state index is 0.00897. The summed E-state index contributed by atoms with van der Waals surface area (Å²) in [6, 6.07) is 8.66. The fraction of sp³-hybridized carbons (Fsp3) is 0.182. The highest BCUT2D eigenvalue weighted by Crippen LogP contribution is 2.25. The molecule has 168 valence electrons. The van der Waals surface area contributed by atoms with Gasteiger partial charge in [-0.05, 0) is 56.3 Å². The molecular formula is C22H16ClF4NO4. The largest absolute Gasteiger partial charge is 0.454 e. The Bertz CT molecular complexity index is 1180. The quantitative estimate of drug-likeness (QED) is 0.194. The van der Waals surface area contributed by atoms with Crippen LogP contribution in [0, 0.1) is 25.5 Å². The molecule has 3 rings (SSSR count). The van der Waals surface area contributed by atoms with Crippen LogP contribution in [-0.4, -0.2) is 29.5 Å². The summed E-state index contributed by atoms with van der Waals surface area (Å²) in [5, 5.41) is -0.348. The van der Waals surface area contributed by atoms with Gasteiger partial charge >= 0.3 is 12.6 Å². The van der Waals surface area contributed by atoms with Crippen molar-refractivity contribution in [3.8, 4) is 11.4 Å². The fourth-order valence-corrected chi connectivity index (χ4v) is 3.41. The molecule has 0 N–H and O–H groups in total. The number of carbonyl (C=O) groups excluding carboxylic acids is 2. The molecule has 0 unspecified atom stereocenters. The van der Waals surface area contributed by atoms with Gasteiger partial charge < -0.3 is 14.0 Å². The molecule has 0 saturated heterocycles. The van der Waals surface area contributed by atoms with Crippen LogP contribution in [0.15, 0.2) is 42.5 Å². The topological polar surface area (TPSA) is 57.5 Å². The predicted octanol–water partition coefficient (Wildman–Crippen LogP) is 5.67. The molecule has 0 spiro atoms. The number of rotatable bonds is 7. The van der Waals surface area contributed by atoms with Crippen LogP contribution in [0.3, 0.4) is 0 Å². The zero-order valence-electron chi connectivity index (χ0n) is 16.8. The maximum Gasteiger partial charge on any atom is 0.387 e. The van der Waals surface area contributed by atoms with Crippen molar-refractivity contribution in [1.82, 2.24) is 4.57 Å². The Hall–Kier alpha value is -3.33.